The molecule has 138 valence electrons. The van der Waals surface area contributed by atoms with Crippen LogP contribution >= 0.6 is 0 Å². The van der Waals surface area contributed by atoms with Crippen molar-refractivity contribution in [2.24, 2.45) is 0 Å². The molecular formula is C23H24N2O2. The number of benzene rings is 2. The first kappa shape index (κ1) is 17.4. The Labute approximate surface area is 159 Å². The third-order valence-corrected chi connectivity index (χ3v) is 5.19. The Morgan fingerprint density at radius 1 is 1.19 bits per heavy atom. The maximum Gasteiger partial charge on any atom is 0.255 e. The van der Waals surface area contributed by atoms with Crippen molar-refractivity contribution < 1.29 is 9.21 Å². The molecule has 1 atom stereocenters. The van der Waals surface area contributed by atoms with Gasteiger partial charge in [0.25, 0.3) is 5.91 Å². The molecule has 1 aliphatic rings. The highest BCUT2D eigenvalue weighted by Gasteiger charge is 2.27. The average Bonchev–Trinajstić information content (AvgIpc) is 3.25. The highest BCUT2D eigenvalue weighted by molar-refractivity contribution is 5.95. The number of para-hydroxylation sites is 1. The van der Waals surface area contributed by atoms with Gasteiger partial charge in [0, 0.05) is 18.3 Å². The molecule has 1 aliphatic heterocycles. The summed E-state index contributed by atoms with van der Waals surface area (Å²) in [6, 6.07) is 18.7. The van der Waals surface area contributed by atoms with Crippen LogP contribution in [-0.4, -0.2) is 11.9 Å². The van der Waals surface area contributed by atoms with Crippen LogP contribution in [0, 0.1) is 6.92 Å². The zero-order valence-corrected chi connectivity index (χ0v) is 15.7. The molecule has 0 radical (unpaired) electrons. The number of nitrogens with zero attached hydrogens (tertiary/aromatic N) is 1. The van der Waals surface area contributed by atoms with Crippen LogP contribution in [0.4, 0.5) is 5.69 Å². The third-order valence-electron chi connectivity index (χ3n) is 5.19. The first-order chi connectivity index (χ1) is 13.1. The lowest BCUT2D eigenvalue weighted by atomic mass is 10.1. The van der Waals surface area contributed by atoms with E-state index in [-0.39, 0.29) is 5.91 Å². The van der Waals surface area contributed by atoms with Gasteiger partial charge in [-0.3, -0.25) is 4.79 Å². The van der Waals surface area contributed by atoms with Gasteiger partial charge in [-0.05, 0) is 43.5 Å². The van der Waals surface area contributed by atoms with E-state index in [1.807, 2.05) is 12.1 Å². The Morgan fingerprint density at radius 2 is 2.04 bits per heavy atom. The summed E-state index contributed by atoms with van der Waals surface area (Å²) in [5.74, 6) is 0.612. The molecule has 4 nitrogen and oxygen atoms in total. The van der Waals surface area contributed by atoms with Crippen LogP contribution in [0.1, 0.15) is 39.7 Å². The Kier molecular flexibility index (Phi) is 4.71. The van der Waals surface area contributed by atoms with Crippen LogP contribution in [0.2, 0.25) is 0 Å². The third kappa shape index (κ3) is 3.61. The molecule has 4 heteroatoms. The van der Waals surface area contributed by atoms with Crippen molar-refractivity contribution in [1.82, 2.24) is 5.32 Å². The molecule has 0 aliphatic carbocycles. The highest BCUT2D eigenvalue weighted by atomic mass is 16.3. The number of nitrogens with one attached hydrogen (secondary N) is 1. The molecule has 0 saturated carbocycles. The molecule has 1 aromatic heterocycles. The number of furan rings is 1. The fourth-order valence-corrected chi connectivity index (χ4v) is 3.79. The Hall–Kier alpha value is -3.01. The van der Waals surface area contributed by atoms with Crippen LogP contribution in [0.25, 0.3) is 0 Å². The van der Waals surface area contributed by atoms with E-state index in [2.05, 4.69) is 60.5 Å². The average molecular weight is 360 g/mol. The predicted molar refractivity (Wildman–Crippen MR) is 107 cm³/mol. The summed E-state index contributed by atoms with van der Waals surface area (Å²) in [6.45, 7) is 5.36. The lowest BCUT2D eigenvalue weighted by molar-refractivity contribution is 0.0949. The quantitative estimate of drug-likeness (QED) is 0.730. The number of amides is 1. The maximum absolute atomic E-state index is 12.7. The molecule has 2 heterocycles. The largest absolute Gasteiger partial charge is 0.467 e. The summed E-state index contributed by atoms with van der Waals surface area (Å²) in [5, 5.41) is 3.01. The van der Waals surface area contributed by atoms with Gasteiger partial charge in [0.1, 0.15) is 5.76 Å². The van der Waals surface area contributed by atoms with E-state index in [0.717, 1.165) is 12.0 Å². The van der Waals surface area contributed by atoms with Crippen LogP contribution in [0.5, 0.6) is 0 Å². The molecule has 0 saturated heterocycles. The molecule has 1 N–H and O–H groups in total. The van der Waals surface area contributed by atoms with Crippen molar-refractivity contribution in [2.75, 3.05) is 4.90 Å². The minimum Gasteiger partial charge on any atom is -0.467 e. The van der Waals surface area contributed by atoms with Gasteiger partial charge in [-0.25, -0.2) is 0 Å². The van der Waals surface area contributed by atoms with E-state index < -0.39 is 0 Å². The summed E-state index contributed by atoms with van der Waals surface area (Å²) in [5.41, 5.74) is 5.47. The van der Waals surface area contributed by atoms with Gasteiger partial charge in [0.15, 0.2) is 0 Å². The van der Waals surface area contributed by atoms with E-state index in [1.54, 1.807) is 12.3 Å². The van der Waals surface area contributed by atoms with E-state index in [0.29, 0.717) is 30.5 Å². The summed E-state index contributed by atoms with van der Waals surface area (Å²) in [4.78, 5) is 15.0. The molecule has 3 aromatic rings. The second-order valence-electron chi connectivity index (χ2n) is 7.24. The zero-order chi connectivity index (χ0) is 18.8. The smallest absolute Gasteiger partial charge is 0.255 e. The highest BCUT2D eigenvalue weighted by Crippen LogP contribution is 2.33. The second kappa shape index (κ2) is 7.31. The van der Waals surface area contributed by atoms with Gasteiger partial charge >= 0.3 is 0 Å². The molecule has 0 fully saturated rings. The molecule has 0 bridgehead atoms. The fourth-order valence-electron chi connectivity index (χ4n) is 3.79. The van der Waals surface area contributed by atoms with Crippen molar-refractivity contribution in [3.63, 3.8) is 0 Å². The van der Waals surface area contributed by atoms with Gasteiger partial charge < -0.3 is 14.6 Å². The number of aryl methyl sites for hydroxylation is 1. The van der Waals surface area contributed by atoms with Gasteiger partial charge in [0.05, 0.1) is 18.4 Å². The summed E-state index contributed by atoms with van der Waals surface area (Å²) < 4.78 is 5.68. The van der Waals surface area contributed by atoms with Crippen LogP contribution < -0.4 is 10.2 Å². The zero-order valence-electron chi connectivity index (χ0n) is 15.7. The van der Waals surface area contributed by atoms with E-state index in [1.165, 1.54) is 16.8 Å². The molecular weight excluding hydrogens is 336 g/mol. The number of rotatable bonds is 5. The van der Waals surface area contributed by atoms with E-state index >= 15 is 0 Å². The first-order valence-electron chi connectivity index (χ1n) is 9.36. The maximum atomic E-state index is 12.7. The number of hydrogen-bond acceptors (Lipinski definition) is 3. The summed E-state index contributed by atoms with van der Waals surface area (Å²) in [6.07, 6.45) is 2.62. The lowest BCUT2D eigenvalue weighted by Gasteiger charge is -2.24. The van der Waals surface area contributed by atoms with Crippen molar-refractivity contribution >= 4 is 11.6 Å². The van der Waals surface area contributed by atoms with Crippen LogP contribution in [-0.2, 0) is 19.5 Å². The molecule has 4 rings (SSSR count). The molecule has 2 aromatic carbocycles. The van der Waals surface area contributed by atoms with Crippen molar-refractivity contribution in [1.29, 1.82) is 0 Å². The van der Waals surface area contributed by atoms with Gasteiger partial charge in [-0.1, -0.05) is 48.0 Å². The normalized spacial score (nSPS) is 15.6. The van der Waals surface area contributed by atoms with Crippen LogP contribution in [0.15, 0.2) is 65.3 Å². The Balaban J connectivity index is 1.47. The Bertz CT molecular complexity index is 960. The standard InChI is InChI=1S/C23H24N2O2/c1-16-6-5-7-18(12-16)14-24-23(26)20-10-11-27-22(20)15-25-17(2)13-19-8-3-4-9-21(19)25/h3-12,17H,13-15H2,1-2H3,(H,24,26). The number of fused-ring (bicyclic) bond motifs is 1. The number of hydrogen-bond donors (Lipinski definition) is 1. The van der Waals surface area contributed by atoms with Crippen LogP contribution in [0.3, 0.4) is 0 Å². The van der Waals surface area contributed by atoms with Gasteiger partial charge in [-0.2, -0.15) is 0 Å². The van der Waals surface area contributed by atoms with Gasteiger partial charge in [0.2, 0.25) is 0 Å². The number of carbonyl (C=O) groups is 1. The number of anilines is 1. The molecule has 27 heavy (non-hydrogen) atoms. The topological polar surface area (TPSA) is 45.5 Å². The monoisotopic (exact) mass is 360 g/mol. The molecule has 1 amide bonds. The van der Waals surface area contributed by atoms with Crippen molar-refractivity contribution in [2.45, 2.75) is 39.4 Å². The van der Waals surface area contributed by atoms with Crippen molar-refractivity contribution in [3.8, 4) is 0 Å². The minimum atomic E-state index is -0.0969. The van der Waals surface area contributed by atoms with Gasteiger partial charge in [-0.15, -0.1) is 0 Å². The SMILES string of the molecule is Cc1cccc(CNC(=O)c2ccoc2CN2c3ccccc3CC2C)c1. The molecule has 0 spiro atoms. The fraction of sp³-hybridized carbons (Fsp3) is 0.261. The van der Waals surface area contributed by atoms with E-state index in [9.17, 15) is 4.79 Å². The first-order valence-corrected chi connectivity index (χ1v) is 9.36. The lowest BCUT2D eigenvalue weighted by Crippen LogP contribution is -2.30. The molecule has 1 unspecified atom stereocenters. The minimum absolute atomic E-state index is 0.0969. The summed E-state index contributed by atoms with van der Waals surface area (Å²) in [7, 11) is 0. The summed E-state index contributed by atoms with van der Waals surface area (Å²) >= 11 is 0. The van der Waals surface area contributed by atoms with E-state index in [4.69, 9.17) is 4.42 Å². The number of carbonyl (C=O) groups excluding carboxylic acids is 1. The van der Waals surface area contributed by atoms with Crippen molar-refractivity contribution in [3.05, 3.63) is 88.9 Å². The predicted octanol–water partition coefficient (Wildman–Crippen LogP) is 4.47. The second-order valence-corrected chi connectivity index (χ2v) is 7.24. The Morgan fingerprint density at radius 3 is 2.89 bits per heavy atom.